The first-order valence-electron chi connectivity index (χ1n) is 4.17. The number of nitrogens with zero attached hydrogens (tertiary/aromatic N) is 3. The van der Waals surface area contributed by atoms with Crippen LogP contribution in [-0.2, 0) is 14.4 Å². The molecule has 1 aliphatic heterocycles. The lowest BCUT2D eigenvalue weighted by molar-refractivity contribution is -0.121. The number of carbonyl (C=O) groups is 4. The van der Waals surface area contributed by atoms with Crippen molar-refractivity contribution >= 4 is 35.8 Å². The highest BCUT2D eigenvalue weighted by Crippen LogP contribution is 2.00. The van der Waals surface area contributed by atoms with Crippen molar-refractivity contribution in [1.29, 1.82) is 0 Å². The van der Waals surface area contributed by atoms with E-state index < -0.39 is 17.8 Å². The molecule has 0 radical (unpaired) electrons. The molecular formula is C8H8N4O4. The Hall–Kier alpha value is -2.38. The molecule has 0 spiro atoms. The maximum absolute atomic E-state index is 11.5. The number of nitrogens with one attached hydrogen (secondary N) is 1. The summed E-state index contributed by atoms with van der Waals surface area (Å²) in [7, 11) is 1.21. The molecule has 1 saturated heterocycles. The first-order chi connectivity index (χ1) is 7.47. The SMILES string of the molecule is CC(=O)N=C1C(=O)N(C)C(=O)NC1=NC=O. The van der Waals surface area contributed by atoms with Crippen LogP contribution in [0.15, 0.2) is 9.98 Å². The Morgan fingerprint density at radius 3 is 2.56 bits per heavy atom. The van der Waals surface area contributed by atoms with Crippen LogP contribution < -0.4 is 5.32 Å². The Morgan fingerprint density at radius 2 is 2.06 bits per heavy atom. The minimum Gasteiger partial charge on any atom is -0.290 e. The van der Waals surface area contributed by atoms with Gasteiger partial charge in [-0.25, -0.2) is 9.79 Å². The molecule has 0 aromatic carbocycles. The summed E-state index contributed by atoms with van der Waals surface area (Å²) in [6.45, 7) is 1.13. The first kappa shape index (κ1) is 11.7. The van der Waals surface area contributed by atoms with Gasteiger partial charge in [0.2, 0.25) is 12.3 Å². The van der Waals surface area contributed by atoms with E-state index in [9.17, 15) is 19.2 Å². The Kier molecular flexibility index (Phi) is 3.24. The molecule has 16 heavy (non-hydrogen) atoms. The number of carbonyl (C=O) groups excluding carboxylic acids is 4. The van der Waals surface area contributed by atoms with Crippen molar-refractivity contribution in [3.63, 3.8) is 0 Å². The fraction of sp³-hybridized carbons (Fsp3) is 0.250. The van der Waals surface area contributed by atoms with Gasteiger partial charge >= 0.3 is 6.03 Å². The first-order valence-corrected chi connectivity index (χ1v) is 4.17. The number of aliphatic imine (C=N–C) groups is 2. The summed E-state index contributed by atoms with van der Waals surface area (Å²) in [5.74, 6) is -1.75. The van der Waals surface area contributed by atoms with Gasteiger partial charge in [0.15, 0.2) is 11.5 Å². The van der Waals surface area contributed by atoms with Crippen molar-refractivity contribution < 1.29 is 19.2 Å². The maximum atomic E-state index is 11.5. The van der Waals surface area contributed by atoms with Gasteiger partial charge in [0.05, 0.1) is 0 Å². The van der Waals surface area contributed by atoms with Crippen LogP contribution in [0.3, 0.4) is 0 Å². The molecule has 84 valence electrons. The van der Waals surface area contributed by atoms with Gasteiger partial charge in [0, 0.05) is 14.0 Å². The highest BCUT2D eigenvalue weighted by molar-refractivity contribution is 6.71. The standard InChI is InChI=1S/C8H8N4O4/c1-4(14)10-5-6(9-3-13)11-8(16)12(2)7(5)15/h3H,1-2H3,(H,9,11,13,16). The van der Waals surface area contributed by atoms with Crippen molar-refractivity contribution in [3.05, 3.63) is 0 Å². The van der Waals surface area contributed by atoms with E-state index in [2.05, 4.69) is 15.3 Å². The Bertz CT molecular complexity index is 437. The zero-order valence-corrected chi connectivity index (χ0v) is 8.55. The second-order valence-electron chi connectivity index (χ2n) is 2.86. The zero-order valence-electron chi connectivity index (χ0n) is 8.55. The molecule has 1 heterocycles. The Balaban J connectivity index is 3.23. The van der Waals surface area contributed by atoms with Gasteiger partial charge in [-0.2, -0.15) is 4.99 Å². The van der Waals surface area contributed by atoms with Gasteiger partial charge in [0.25, 0.3) is 5.91 Å². The smallest absolute Gasteiger partial charge is 0.290 e. The van der Waals surface area contributed by atoms with E-state index in [4.69, 9.17) is 0 Å². The molecule has 0 atom stereocenters. The molecule has 0 aliphatic carbocycles. The van der Waals surface area contributed by atoms with E-state index in [1.54, 1.807) is 0 Å². The third-order valence-electron chi connectivity index (χ3n) is 1.71. The number of hydrogen-bond acceptors (Lipinski definition) is 4. The van der Waals surface area contributed by atoms with E-state index >= 15 is 0 Å². The molecule has 0 aromatic rings. The highest BCUT2D eigenvalue weighted by Gasteiger charge is 2.33. The third kappa shape index (κ3) is 2.16. The van der Waals surface area contributed by atoms with Crippen LogP contribution in [0, 0.1) is 0 Å². The third-order valence-corrected chi connectivity index (χ3v) is 1.71. The minimum absolute atomic E-state index is 0.143. The fourth-order valence-corrected chi connectivity index (χ4v) is 1.00. The van der Waals surface area contributed by atoms with Crippen molar-refractivity contribution in [2.45, 2.75) is 6.92 Å². The Labute approximate surface area is 90.0 Å². The van der Waals surface area contributed by atoms with Crippen LogP contribution >= 0.6 is 0 Å². The normalized spacial score (nSPS) is 21.2. The van der Waals surface area contributed by atoms with E-state index in [0.717, 1.165) is 11.8 Å². The molecule has 0 bridgehead atoms. The van der Waals surface area contributed by atoms with Crippen LogP contribution in [0.2, 0.25) is 0 Å². The van der Waals surface area contributed by atoms with Gasteiger partial charge in [0.1, 0.15) is 0 Å². The molecule has 5 amide bonds. The summed E-state index contributed by atoms with van der Waals surface area (Å²) >= 11 is 0. The number of rotatable bonds is 1. The molecule has 0 saturated carbocycles. The van der Waals surface area contributed by atoms with Gasteiger partial charge in [-0.3, -0.25) is 24.6 Å². The second kappa shape index (κ2) is 4.43. The number of amidine groups is 1. The van der Waals surface area contributed by atoms with E-state index in [-0.39, 0.29) is 18.0 Å². The van der Waals surface area contributed by atoms with Gasteiger partial charge in [-0.05, 0) is 0 Å². The van der Waals surface area contributed by atoms with E-state index in [1.807, 2.05) is 0 Å². The predicted molar refractivity (Wildman–Crippen MR) is 52.9 cm³/mol. The lowest BCUT2D eigenvalue weighted by Crippen LogP contribution is -2.57. The molecule has 0 unspecified atom stereocenters. The van der Waals surface area contributed by atoms with Gasteiger partial charge in [-0.15, -0.1) is 0 Å². The molecular weight excluding hydrogens is 216 g/mol. The number of hydrogen-bond donors (Lipinski definition) is 1. The summed E-state index contributed by atoms with van der Waals surface area (Å²) in [5, 5.41) is 2.15. The van der Waals surface area contributed by atoms with Gasteiger partial charge in [-0.1, -0.05) is 0 Å². The second-order valence-corrected chi connectivity index (χ2v) is 2.86. The molecule has 8 heteroatoms. The average Bonchev–Trinajstić information content (AvgIpc) is 2.21. The Morgan fingerprint density at radius 1 is 1.44 bits per heavy atom. The fourth-order valence-electron chi connectivity index (χ4n) is 1.00. The monoisotopic (exact) mass is 224 g/mol. The zero-order chi connectivity index (χ0) is 12.3. The lowest BCUT2D eigenvalue weighted by Gasteiger charge is -2.23. The van der Waals surface area contributed by atoms with Crippen molar-refractivity contribution in [2.75, 3.05) is 7.05 Å². The van der Waals surface area contributed by atoms with Crippen LogP contribution in [0.25, 0.3) is 0 Å². The summed E-state index contributed by atoms with van der Waals surface area (Å²) in [4.78, 5) is 51.0. The topological polar surface area (TPSA) is 108 Å². The summed E-state index contributed by atoms with van der Waals surface area (Å²) < 4.78 is 0. The lowest BCUT2D eigenvalue weighted by atomic mass is 10.2. The van der Waals surface area contributed by atoms with Crippen LogP contribution in [0.4, 0.5) is 4.79 Å². The average molecular weight is 224 g/mol. The van der Waals surface area contributed by atoms with Crippen LogP contribution in [0.1, 0.15) is 6.92 Å². The number of imide groups is 1. The molecule has 8 nitrogen and oxygen atoms in total. The number of amides is 5. The maximum Gasteiger partial charge on any atom is 0.329 e. The van der Waals surface area contributed by atoms with Crippen LogP contribution in [-0.4, -0.2) is 47.8 Å². The van der Waals surface area contributed by atoms with Crippen molar-refractivity contribution in [2.24, 2.45) is 9.98 Å². The molecule has 1 aliphatic rings. The number of urea groups is 1. The summed E-state index contributed by atoms with van der Waals surface area (Å²) in [6, 6.07) is -0.742. The predicted octanol–water partition coefficient (Wildman–Crippen LogP) is -1.29. The summed E-state index contributed by atoms with van der Waals surface area (Å²) in [5.41, 5.74) is -0.360. The molecule has 1 fully saturated rings. The summed E-state index contributed by atoms with van der Waals surface area (Å²) in [6.07, 6.45) is 0.143. The van der Waals surface area contributed by atoms with E-state index in [0.29, 0.717) is 0 Å². The molecule has 0 aromatic heterocycles. The quantitative estimate of drug-likeness (QED) is 0.559. The largest absolute Gasteiger partial charge is 0.329 e. The van der Waals surface area contributed by atoms with Crippen molar-refractivity contribution in [1.82, 2.24) is 10.2 Å². The highest BCUT2D eigenvalue weighted by atomic mass is 16.2. The van der Waals surface area contributed by atoms with Gasteiger partial charge < -0.3 is 0 Å². The molecule has 1 rings (SSSR count). The van der Waals surface area contributed by atoms with Crippen molar-refractivity contribution in [3.8, 4) is 0 Å². The van der Waals surface area contributed by atoms with Crippen LogP contribution in [0.5, 0.6) is 0 Å². The molecule has 1 N–H and O–H groups in total. The van der Waals surface area contributed by atoms with E-state index in [1.165, 1.54) is 7.05 Å². The minimum atomic E-state index is -0.792.